The summed E-state index contributed by atoms with van der Waals surface area (Å²) in [5, 5.41) is 0. The predicted octanol–water partition coefficient (Wildman–Crippen LogP) is -2.13. The van der Waals surface area contributed by atoms with Gasteiger partial charge >= 0.3 is 0 Å². The number of halogens is 2. The summed E-state index contributed by atoms with van der Waals surface area (Å²) in [5.41, 5.74) is 0. The van der Waals surface area contributed by atoms with Gasteiger partial charge in [0, 0.05) is 0 Å². The lowest BCUT2D eigenvalue weighted by atomic mass is 10.1. The van der Waals surface area contributed by atoms with Crippen molar-refractivity contribution in [3.63, 3.8) is 0 Å². The minimum Gasteiger partial charge on any atom is -1.00 e. The van der Waals surface area contributed by atoms with Gasteiger partial charge in [-0.1, -0.05) is 25.7 Å². The van der Waals surface area contributed by atoms with E-state index in [1.165, 1.54) is 62.9 Å². The van der Waals surface area contributed by atoms with Crippen LogP contribution in [-0.2, 0) is 21.8 Å². The number of hydrogen-bond acceptors (Lipinski definition) is 0. The quantitative estimate of drug-likeness (QED) is 0.263. The van der Waals surface area contributed by atoms with Crippen molar-refractivity contribution in [1.29, 1.82) is 0 Å². The van der Waals surface area contributed by atoms with Gasteiger partial charge in [0.2, 0.25) is 0 Å². The molecule has 0 fully saturated rings. The smallest absolute Gasteiger partial charge is 0.107 e. The summed E-state index contributed by atoms with van der Waals surface area (Å²) in [5.74, 6) is 2.91. The van der Waals surface area contributed by atoms with E-state index in [0.717, 1.165) is 0 Å². The summed E-state index contributed by atoms with van der Waals surface area (Å²) < 4.78 is 0. The molecule has 0 radical (unpaired) electrons. The van der Waals surface area contributed by atoms with Crippen LogP contribution < -0.4 is 34.0 Å². The summed E-state index contributed by atoms with van der Waals surface area (Å²) in [6.07, 6.45) is 21.2. The van der Waals surface area contributed by atoms with E-state index in [0.29, 0.717) is 21.8 Å². The van der Waals surface area contributed by atoms with Gasteiger partial charge in [-0.05, 0) is 47.5 Å². The zero-order valence-electron chi connectivity index (χ0n) is 12.6. The van der Waals surface area contributed by atoms with E-state index in [1.807, 2.05) is 0 Å². The van der Waals surface area contributed by atoms with Crippen molar-refractivity contribution in [1.82, 2.24) is 0 Å². The molecule has 114 valence electrons. The largest absolute Gasteiger partial charge is 1.00 e. The highest BCUT2D eigenvalue weighted by Crippen LogP contribution is 2.09. The van der Waals surface area contributed by atoms with E-state index in [9.17, 15) is 0 Å². The molecular weight excluding hydrogens is 392 g/mol. The van der Waals surface area contributed by atoms with Crippen LogP contribution in [0.4, 0.5) is 0 Å². The molecule has 0 amide bonds. The second kappa shape index (κ2) is 18.7. The highest BCUT2D eigenvalue weighted by atomic mass is 79.9. The average molecular weight is 424 g/mol. The summed E-state index contributed by atoms with van der Waals surface area (Å²) in [6.45, 7) is 0. The molecule has 0 unspecified atom stereocenters. The van der Waals surface area contributed by atoms with Crippen molar-refractivity contribution < 1.29 is 34.0 Å². The molecule has 0 saturated heterocycles. The van der Waals surface area contributed by atoms with Crippen LogP contribution in [-0.4, -0.2) is 36.5 Å². The molecule has 0 aliphatic heterocycles. The molecule has 0 rings (SSSR count). The average Bonchev–Trinajstić information content (AvgIpc) is 2.20. The van der Waals surface area contributed by atoms with Gasteiger partial charge < -0.3 is 34.0 Å². The Bertz CT molecular complexity index is 126. The Morgan fingerprint density at radius 2 is 0.667 bits per heavy atom. The monoisotopic (exact) mass is 422 g/mol. The fraction of sp³-hybridized carbons (Fsp3) is 1.00. The molecule has 0 bridgehead atoms. The summed E-state index contributed by atoms with van der Waals surface area (Å²) >= 11 is 0. The maximum absolute atomic E-state index is 2.36. The van der Waals surface area contributed by atoms with E-state index in [1.54, 1.807) is 0 Å². The molecule has 0 aliphatic rings. The maximum atomic E-state index is 2.36. The van der Waals surface area contributed by atoms with Gasteiger partial charge in [-0.25, -0.2) is 0 Å². The SMILES string of the molecule is C[S+](C)CCCCCCCCCC[S+](C)C.[Br-].[Br-]. The van der Waals surface area contributed by atoms with E-state index in [4.69, 9.17) is 0 Å². The van der Waals surface area contributed by atoms with Crippen LogP contribution in [0.3, 0.4) is 0 Å². The minimum atomic E-state index is 0. The molecule has 0 heterocycles. The Morgan fingerprint density at radius 1 is 0.444 bits per heavy atom. The molecular formula is C14H32Br2S2. The normalized spacial score (nSPS) is 10.3. The summed E-state index contributed by atoms with van der Waals surface area (Å²) in [4.78, 5) is 0. The summed E-state index contributed by atoms with van der Waals surface area (Å²) in [6, 6.07) is 0. The fourth-order valence-corrected chi connectivity index (χ4v) is 3.41. The van der Waals surface area contributed by atoms with E-state index in [2.05, 4.69) is 25.0 Å². The first-order chi connectivity index (χ1) is 7.63. The Balaban J connectivity index is -0.00000112. The molecule has 0 saturated carbocycles. The van der Waals surface area contributed by atoms with Gasteiger partial charge in [-0.15, -0.1) is 0 Å². The highest BCUT2D eigenvalue weighted by molar-refractivity contribution is 7.95. The lowest BCUT2D eigenvalue weighted by Crippen LogP contribution is -3.00. The molecule has 0 N–H and O–H groups in total. The third kappa shape index (κ3) is 22.8. The molecule has 4 heteroatoms. The second-order valence-corrected chi connectivity index (χ2v) is 9.97. The van der Waals surface area contributed by atoms with Gasteiger partial charge in [-0.3, -0.25) is 0 Å². The first-order valence-electron chi connectivity index (χ1n) is 6.71. The molecule has 18 heavy (non-hydrogen) atoms. The molecule has 0 nitrogen and oxygen atoms in total. The Hall–Kier alpha value is 1.66. The standard InChI is InChI=1S/C14H32S2.2BrH/c1-15(2)13-11-9-7-5-6-8-10-12-14-16(3)4;;/h5-14H2,1-4H3;2*1H/q+2;;/p-2. The molecule has 0 atom stereocenters. The first-order valence-corrected chi connectivity index (χ1v) is 11.1. The van der Waals surface area contributed by atoms with Crippen molar-refractivity contribution in [3.05, 3.63) is 0 Å². The predicted molar refractivity (Wildman–Crippen MR) is 85.1 cm³/mol. The van der Waals surface area contributed by atoms with Crippen LogP contribution in [0.2, 0.25) is 0 Å². The Kier molecular flexibility index (Phi) is 25.6. The molecule has 0 aromatic rings. The maximum Gasteiger partial charge on any atom is 0.107 e. The molecule has 0 spiro atoms. The van der Waals surface area contributed by atoms with Gasteiger partial charge in [0.1, 0.15) is 11.5 Å². The van der Waals surface area contributed by atoms with Crippen LogP contribution >= 0.6 is 0 Å². The first kappa shape index (κ1) is 24.7. The lowest BCUT2D eigenvalue weighted by molar-refractivity contribution is -0.001000. The van der Waals surface area contributed by atoms with Crippen molar-refractivity contribution >= 4 is 21.8 Å². The van der Waals surface area contributed by atoms with Gasteiger partial charge in [0.15, 0.2) is 0 Å². The van der Waals surface area contributed by atoms with Crippen molar-refractivity contribution in [2.75, 3.05) is 36.5 Å². The van der Waals surface area contributed by atoms with E-state index in [-0.39, 0.29) is 34.0 Å². The minimum absolute atomic E-state index is 0. The zero-order valence-corrected chi connectivity index (χ0v) is 17.4. The van der Waals surface area contributed by atoms with Gasteiger partial charge in [0.25, 0.3) is 0 Å². The lowest BCUT2D eigenvalue weighted by Gasteiger charge is -2.01. The van der Waals surface area contributed by atoms with Crippen LogP contribution in [0.25, 0.3) is 0 Å². The van der Waals surface area contributed by atoms with Gasteiger partial charge in [0.05, 0.1) is 25.0 Å². The fourth-order valence-electron chi connectivity index (χ4n) is 1.84. The number of rotatable bonds is 11. The third-order valence-corrected chi connectivity index (χ3v) is 5.07. The summed E-state index contributed by atoms with van der Waals surface area (Å²) in [7, 11) is 1.34. The van der Waals surface area contributed by atoms with Crippen molar-refractivity contribution in [3.8, 4) is 0 Å². The van der Waals surface area contributed by atoms with Crippen molar-refractivity contribution in [2.45, 2.75) is 51.4 Å². The van der Waals surface area contributed by atoms with E-state index < -0.39 is 0 Å². The molecule has 0 aromatic heterocycles. The zero-order chi connectivity index (χ0) is 12.2. The third-order valence-electron chi connectivity index (χ3n) is 2.86. The van der Waals surface area contributed by atoms with E-state index >= 15 is 0 Å². The Labute approximate surface area is 143 Å². The number of hydrogen-bond donors (Lipinski definition) is 0. The van der Waals surface area contributed by atoms with Crippen LogP contribution in [0, 0.1) is 0 Å². The molecule has 0 aliphatic carbocycles. The second-order valence-electron chi connectivity index (χ2n) is 5.21. The molecule has 0 aromatic carbocycles. The highest BCUT2D eigenvalue weighted by Gasteiger charge is 2.02. The van der Waals surface area contributed by atoms with Crippen LogP contribution in [0.5, 0.6) is 0 Å². The Morgan fingerprint density at radius 3 is 0.889 bits per heavy atom. The van der Waals surface area contributed by atoms with Gasteiger partial charge in [-0.2, -0.15) is 0 Å². The topological polar surface area (TPSA) is 0 Å². The number of unbranched alkanes of at least 4 members (excludes halogenated alkanes) is 7. The van der Waals surface area contributed by atoms with Crippen molar-refractivity contribution in [2.24, 2.45) is 0 Å². The van der Waals surface area contributed by atoms with Crippen LogP contribution in [0.1, 0.15) is 51.4 Å². The van der Waals surface area contributed by atoms with Crippen LogP contribution in [0.15, 0.2) is 0 Å².